The van der Waals surface area contributed by atoms with Gasteiger partial charge in [-0.3, -0.25) is 4.68 Å². The third kappa shape index (κ3) is 3.76. The highest BCUT2D eigenvalue weighted by molar-refractivity contribution is 5.67. The number of alkyl carbamates (subject to hydrolysis) is 1. The number of nitrogens with one attached hydrogen (secondary N) is 1. The van der Waals surface area contributed by atoms with Crippen LogP contribution in [0.4, 0.5) is 4.79 Å². The zero-order chi connectivity index (χ0) is 13.2. The molecule has 1 heterocycles. The fraction of sp³-hybridized carbons (Fsp3) is 0.667. The van der Waals surface area contributed by atoms with Crippen molar-refractivity contribution in [3.05, 3.63) is 17.0 Å². The maximum absolute atomic E-state index is 11.5. The highest BCUT2D eigenvalue weighted by atomic mass is 16.6. The maximum Gasteiger partial charge on any atom is 0.407 e. The fourth-order valence-corrected chi connectivity index (χ4v) is 1.55. The predicted octanol–water partition coefficient (Wildman–Crippen LogP) is 2.06. The van der Waals surface area contributed by atoms with Crippen molar-refractivity contribution in [1.82, 2.24) is 15.1 Å². The molecule has 1 N–H and O–H groups in total. The van der Waals surface area contributed by atoms with Crippen LogP contribution in [0.25, 0.3) is 0 Å². The molecule has 0 saturated carbocycles. The second kappa shape index (κ2) is 4.77. The Balaban J connectivity index is 2.59. The first kappa shape index (κ1) is 13.5. The molecule has 0 unspecified atom stereocenters. The smallest absolute Gasteiger partial charge is 0.407 e. The van der Waals surface area contributed by atoms with Gasteiger partial charge in [0.25, 0.3) is 0 Å². The zero-order valence-corrected chi connectivity index (χ0v) is 11.4. The van der Waals surface area contributed by atoms with E-state index in [1.807, 2.05) is 41.7 Å². The van der Waals surface area contributed by atoms with Crippen molar-refractivity contribution in [3.63, 3.8) is 0 Å². The molecule has 0 bridgehead atoms. The molecule has 1 aromatic heterocycles. The molecular formula is C12H21N3O2. The van der Waals surface area contributed by atoms with Gasteiger partial charge < -0.3 is 10.1 Å². The lowest BCUT2D eigenvalue weighted by molar-refractivity contribution is 0.0523. The first-order valence-corrected chi connectivity index (χ1v) is 5.66. The van der Waals surface area contributed by atoms with Crippen molar-refractivity contribution in [2.45, 2.75) is 46.8 Å². The molecule has 0 fully saturated rings. The van der Waals surface area contributed by atoms with Crippen LogP contribution in [0.5, 0.6) is 0 Å². The molecule has 0 atom stereocenters. The lowest BCUT2D eigenvalue weighted by atomic mass is 10.2. The van der Waals surface area contributed by atoms with E-state index in [9.17, 15) is 4.79 Å². The highest BCUT2D eigenvalue weighted by Gasteiger charge is 2.17. The van der Waals surface area contributed by atoms with Crippen LogP contribution in [0.15, 0.2) is 0 Å². The number of carbonyl (C=O) groups excluding carboxylic acids is 1. The van der Waals surface area contributed by atoms with Gasteiger partial charge in [0.2, 0.25) is 0 Å². The molecule has 5 heteroatoms. The van der Waals surface area contributed by atoms with Crippen LogP contribution in [0, 0.1) is 13.8 Å². The van der Waals surface area contributed by atoms with Gasteiger partial charge in [-0.05, 0) is 34.6 Å². The number of carbonyl (C=O) groups is 1. The van der Waals surface area contributed by atoms with E-state index in [0.29, 0.717) is 6.54 Å². The number of aromatic nitrogens is 2. The maximum atomic E-state index is 11.5. The molecule has 0 aliphatic rings. The van der Waals surface area contributed by atoms with E-state index in [2.05, 4.69) is 10.4 Å². The number of hydrogen-bond acceptors (Lipinski definition) is 3. The molecule has 5 nitrogen and oxygen atoms in total. The number of ether oxygens (including phenoxy) is 1. The number of aryl methyl sites for hydroxylation is 2. The zero-order valence-electron chi connectivity index (χ0n) is 11.4. The van der Waals surface area contributed by atoms with Gasteiger partial charge in [-0.2, -0.15) is 5.10 Å². The van der Waals surface area contributed by atoms with Crippen LogP contribution >= 0.6 is 0 Å². The third-order valence-corrected chi connectivity index (χ3v) is 2.47. The summed E-state index contributed by atoms with van der Waals surface area (Å²) in [4.78, 5) is 11.5. The van der Waals surface area contributed by atoms with Crippen molar-refractivity contribution in [1.29, 1.82) is 0 Å². The minimum absolute atomic E-state index is 0.403. The van der Waals surface area contributed by atoms with Crippen molar-refractivity contribution >= 4 is 6.09 Å². The average Bonchev–Trinajstić information content (AvgIpc) is 2.36. The Kier molecular flexibility index (Phi) is 3.80. The molecule has 0 radical (unpaired) electrons. The van der Waals surface area contributed by atoms with E-state index in [0.717, 1.165) is 17.0 Å². The van der Waals surface area contributed by atoms with Gasteiger partial charge in [-0.15, -0.1) is 0 Å². The average molecular weight is 239 g/mol. The number of nitrogens with zero attached hydrogens (tertiary/aromatic N) is 2. The summed E-state index contributed by atoms with van der Waals surface area (Å²) in [7, 11) is 1.89. The Bertz CT molecular complexity index is 416. The number of hydrogen-bond donors (Lipinski definition) is 1. The van der Waals surface area contributed by atoms with Crippen LogP contribution < -0.4 is 5.32 Å². The topological polar surface area (TPSA) is 56.2 Å². The Hall–Kier alpha value is -1.52. The molecule has 0 aromatic carbocycles. The highest BCUT2D eigenvalue weighted by Crippen LogP contribution is 2.12. The predicted molar refractivity (Wildman–Crippen MR) is 65.8 cm³/mol. The van der Waals surface area contributed by atoms with Crippen molar-refractivity contribution in [2.75, 3.05) is 0 Å². The normalized spacial score (nSPS) is 11.4. The Morgan fingerprint density at radius 2 is 2.00 bits per heavy atom. The first-order chi connectivity index (χ1) is 7.70. The summed E-state index contributed by atoms with van der Waals surface area (Å²) in [6.45, 7) is 9.87. The molecule has 0 spiro atoms. The van der Waals surface area contributed by atoms with Gasteiger partial charge in [0.15, 0.2) is 0 Å². The van der Waals surface area contributed by atoms with Gasteiger partial charge >= 0.3 is 6.09 Å². The number of rotatable bonds is 2. The van der Waals surface area contributed by atoms with Crippen LogP contribution in [-0.4, -0.2) is 21.5 Å². The van der Waals surface area contributed by atoms with Gasteiger partial charge in [0.05, 0.1) is 5.69 Å². The molecule has 0 saturated heterocycles. The van der Waals surface area contributed by atoms with E-state index in [1.165, 1.54) is 0 Å². The summed E-state index contributed by atoms with van der Waals surface area (Å²) in [5, 5.41) is 7.02. The van der Waals surface area contributed by atoms with E-state index in [4.69, 9.17) is 4.74 Å². The van der Waals surface area contributed by atoms with Crippen molar-refractivity contribution in [3.8, 4) is 0 Å². The van der Waals surface area contributed by atoms with E-state index in [-0.39, 0.29) is 0 Å². The fourth-order valence-electron chi connectivity index (χ4n) is 1.55. The summed E-state index contributed by atoms with van der Waals surface area (Å²) in [6, 6.07) is 0. The van der Waals surface area contributed by atoms with E-state index >= 15 is 0 Å². The molecule has 0 aliphatic heterocycles. The minimum Gasteiger partial charge on any atom is -0.444 e. The quantitative estimate of drug-likeness (QED) is 0.859. The van der Waals surface area contributed by atoms with E-state index < -0.39 is 11.7 Å². The Morgan fingerprint density at radius 3 is 2.41 bits per heavy atom. The summed E-state index contributed by atoms with van der Waals surface area (Å²) in [5.74, 6) is 0. The summed E-state index contributed by atoms with van der Waals surface area (Å²) < 4.78 is 6.98. The molecule has 96 valence electrons. The molecule has 1 amide bonds. The standard InChI is InChI=1S/C12H21N3O2/c1-8-10(9(2)15(6)14-8)7-13-11(16)17-12(3,4)5/h7H2,1-6H3,(H,13,16). The second-order valence-electron chi connectivity index (χ2n) is 5.13. The second-order valence-corrected chi connectivity index (χ2v) is 5.13. The third-order valence-electron chi connectivity index (χ3n) is 2.47. The van der Waals surface area contributed by atoms with Crippen molar-refractivity contribution < 1.29 is 9.53 Å². The molecule has 1 rings (SSSR count). The Labute approximate surface area is 102 Å². The summed E-state index contributed by atoms with van der Waals surface area (Å²) >= 11 is 0. The van der Waals surface area contributed by atoms with E-state index in [1.54, 1.807) is 4.68 Å². The lowest BCUT2D eigenvalue weighted by Gasteiger charge is -2.19. The molecular weight excluding hydrogens is 218 g/mol. The van der Waals surface area contributed by atoms with Crippen molar-refractivity contribution in [2.24, 2.45) is 7.05 Å². The largest absolute Gasteiger partial charge is 0.444 e. The molecule has 1 aromatic rings. The summed E-state index contributed by atoms with van der Waals surface area (Å²) in [5.41, 5.74) is 2.56. The number of amides is 1. The van der Waals surface area contributed by atoms with Gasteiger partial charge in [0.1, 0.15) is 5.60 Å². The molecule has 0 aliphatic carbocycles. The van der Waals surface area contributed by atoms with Gasteiger partial charge in [-0.1, -0.05) is 0 Å². The van der Waals surface area contributed by atoms with Gasteiger partial charge in [-0.25, -0.2) is 4.79 Å². The Morgan fingerprint density at radius 1 is 1.41 bits per heavy atom. The molecule has 17 heavy (non-hydrogen) atoms. The van der Waals surface area contributed by atoms with Gasteiger partial charge in [0, 0.05) is 24.8 Å². The minimum atomic E-state index is -0.469. The lowest BCUT2D eigenvalue weighted by Crippen LogP contribution is -2.32. The van der Waals surface area contributed by atoms with Crippen LogP contribution in [0.1, 0.15) is 37.7 Å². The first-order valence-electron chi connectivity index (χ1n) is 5.66. The van der Waals surface area contributed by atoms with Crippen LogP contribution in [-0.2, 0) is 18.3 Å². The monoisotopic (exact) mass is 239 g/mol. The summed E-state index contributed by atoms with van der Waals surface area (Å²) in [6.07, 6.45) is -0.403. The van der Waals surface area contributed by atoms with Crippen LogP contribution in [0.2, 0.25) is 0 Å². The SMILES string of the molecule is Cc1nn(C)c(C)c1CNC(=O)OC(C)(C)C. The van der Waals surface area contributed by atoms with Crippen LogP contribution in [0.3, 0.4) is 0 Å².